The Hall–Kier alpha value is -2.24. The van der Waals surface area contributed by atoms with E-state index in [1.165, 1.54) is 0 Å². The van der Waals surface area contributed by atoms with E-state index < -0.39 is 0 Å². The molecule has 0 unspecified atom stereocenters. The van der Waals surface area contributed by atoms with Crippen LogP contribution in [0, 0.1) is 13.8 Å². The predicted octanol–water partition coefficient (Wildman–Crippen LogP) is 3.08. The zero-order valence-corrected chi connectivity index (χ0v) is 14.7. The standard InChI is InChI=1S/C18H22N2O3.ClH/c1-13-3-4-14(2)17(11-13)23-12-18(21)20-15-5-7-16(8-6-15)22-10-9-19;/h3-8,11H,9-10,12,19H2,1-2H3,(H,20,21);1H. The van der Waals surface area contributed by atoms with Crippen molar-refractivity contribution in [2.24, 2.45) is 5.73 Å². The normalized spacial score (nSPS) is 9.79. The average Bonchev–Trinajstić information content (AvgIpc) is 2.55. The molecule has 130 valence electrons. The van der Waals surface area contributed by atoms with Gasteiger partial charge in [-0.25, -0.2) is 0 Å². The topological polar surface area (TPSA) is 73.6 Å². The summed E-state index contributed by atoms with van der Waals surface area (Å²) in [5.41, 5.74) is 8.17. The van der Waals surface area contributed by atoms with Crippen LogP contribution in [0.3, 0.4) is 0 Å². The average molecular weight is 351 g/mol. The Morgan fingerprint density at radius 2 is 1.79 bits per heavy atom. The monoisotopic (exact) mass is 350 g/mol. The molecule has 0 heterocycles. The lowest BCUT2D eigenvalue weighted by molar-refractivity contribution is -0.118. The van der Waals surface area contributed by atoms with E-state index in [-0.39, 0.29) is 24.9 Å². The molecule has 0 aliphatic heterocycles. The molecule has 1 amide bonds. The van der Waals surface area contributed by atoms with E-state index in [0.29, 0.717) is 18.8 Å². The molecule has 0 saturated heterocycles. The molecule has 0 bridgehead atoms. The predicted molar refractivity (Wildman–Crippen MR) is 98.3 cm³/mol. The first-order valence-corrected chi connectivity index (χ1v) is 7.51. The van der Waals surface area contributed by atoms with Gasteiger partial charge in [-0.05, 0) is 55.3 Å². The fraction of sp³-hybridized carbons (Fsp3) is 0.278. The summed E-state index contributed by atoms with van der Waals surface area (Å²) in [7, 11) is 0. The number of nitrogens with one attached hydrogen (secondary N) is 1. The Morgan fingerprint density at radius 3 is 2.46 bits per heavy atom. The van der Waals surface area contributed by atoms with Crippen molar-refractivity contribution in [3.8, 4) is 11.5 Å². The molecular formula is C18H23ClN2O3. The van der Waals surface area contributed by atoms with Crippen LogP contribution in [0.2, 0.25) is 0 Å². The van der Waals surface area contributed by atoms with E-state index in [4.69, 9.17) is 15.2 Å². The van der Waals surface area contributed by atoms with Crippen molar-refractivity contribution < 1.29 is 14.3 Å². The summed E-state index contributed by atoms with van der Waals surface area (Å²) in [5, 5.41) is 2.79. The van der Waals surface area contributed by atoms with Crippen molar-refractivity contribution in [2.45, 2.75) is 13.8 Å². The SMILES string of the molecule is Cc1ccc(C)c(OCC(=O)Nc2ccc(OCCN)cc2)c1.Cl. The van der Waals surface area contributed by atoms with E-state index in [0.717, 1.165) is 22.6 Å². The number of aryl methyl sites for hydroxylation is 2. The molecule has 2 rings (SSSR count). The first-order valence-electron chi connectivity index (χ1n) is 7.51. The zero-order chi connectivity index (χ0) is 16.7. The number of rotatable bonds is 7. The second-order valence-electron chi connectivity index (χ2n) is 5.27. The number of benzene rings is 2. The van der Waals surface area contributed by atoms with Crippen LogP contribution < -0.4 is 20.5 Å². The number of halogens is 1. The molecule has 0 spiro atoms. The lowest BCUT2D eigenvalue weighted by Crippen LogP contribution is -2.20. The van der Waals surface area contributed by atoms with Crippen molar-refractivity contribution in [3.05, 3.63) is 53.6 Å². The van der Waals surface area contributed by atoms with E-state index in [2.05, 4.69) is 5.32 Å². The highest BCUT2D eigenvalue weighted by Crippen LogP contribution is 2.19. The highest BCUT2D eigenvalue weighted by Gasteiger charge is 2.06. The van der Waals surface area contributed by atoms with Gasteiger partial charge >= 0.3 is 0 Å². The molecule has 0 aromatic heterocycles. The van der Waals surface area contributed by atoms with Gasteiger partial charge < -0.3 is 20.5 Å². The molecule has 0 saturated carbocycles. The maximum Gasteiger partial charge on any atom is 0.262 e. The summed E-state index contributed by atoms with van der Waals surface area (Å²) in [6, 6.07) is 13.0. The Balaban J connectivity index is 0.00000288. The summed E-state index contributed by atoms with van der Waals surface area (Å²) in [6.45, 7) is 4.84. The van der Waals surface area contributed by atoms with Crippen molar-refractivity contribution in [3.63, 3.8) is 0 Å². The van der Waals surface area contributed by atoms with E-state index in [9.17, 15) is 4.79 Å². The minimum absolute atomic E-state index is 0. The summed E-state index contributed by atoms with van der Waals surface area (Å²) < 4.78 is 11.0. The Labute approximate surface area is 148 Å². The fourth-order valence-corrected chi connectivity index (χ4v) is 2.01. The van der Waals surface area contributed by atoms with Crippen LogP contribution in [-0.4, -0.2) is 25.7 Å². The quantitative estimate of drug-likeness (QED) is 0.804. The number of ether oxygens (including phenoxy) is 2. The number of nitrogens with two attached hydrogens (primary N) is 1. The van der Waals surface area contributed by atoms with Gasteiger partial charge in [0.2, 0.25) is 0 Å². The van der Waals surface area contributed by atoms with Crippen LogP contribution >= 0.6 is 12.4 Å². The highest BCUT2D eigenvalue weighted by molar-refractivity contribution is 5.91. The van der Waals surface area contributed by atoms with Gasteiger partial charge in [-0.2, -0.15) is 0 Å². The van der Waals surface area contributed by atoms with Gasteiger partial charge in [0, 0.05) is 12.2 Å². The third kappa shape index (κ3) is 6.10. The molecule has 0 aliphatic carbocycles. The van der Waals surface area contributed by atoms with E-state index in [1.54, 1.807) is 24.3 Å². The summed E-state index contributed by atoms with van der Waals surface area (Å²) in [4.78, 5) is 12.0. The maximum absolute atomic E-state index is 12.0. The molecule has 5 nitrogen and oxygen atoms in total. The molecule has 24 heavy (non-hydrogen) atoms. The molecule has 6 heteroatoms. The van der Waals surface area contributed by atoms with Crippen LogP contribution in [0.25, 0.3) is 0 Å². The van der Waals surface area contributed by atoms with Crippen LogP contribution in [-0.2, 0) is 4.79 Å². The van der Waals surface area contributed by atoms with Crippen molar-refractivity contribution in [1.29, 1.82) is 0 Å². The van der Waals surface area contributed by atoms with Gasteiger partial charge in [-0.15, -0.1) is 12.4 Å². The number of carbonyl (C=O) groups is 1. The van der Waals surface area contributed by atoms with Gasteiger partial charge in [0.05, 0.1) is 0 Å². The minimum atomic E-state index is -0.207. The van der Waals surface area contributed by atoms with Gasteiger partial charge in [0.15, 0.2) is 6.61 Å². The summed E-state index contributed by atoms with van der Waals surface area (Å²) in [5.74, 6) is 1.24. The molecule has 2 aromatic carbocycles. The number of amides is 1. The van der Waals surface area contributed by atoms with E-state index in [1.807, 2.05) is 32.0 Å². The first kappa shape index (κ1) is 19.8. The Bertz CT molecular complexity index is 660. The Morgan fingerprint density at radius 1 is 1.08 bits per heavy atom. The van der Waals surface area contributed by atoms with Gasteiger partial charge in [0.1, 0.15) is 18.1 Å². The van der Waals surface area contributed by atoms with Crippen molar-refractivity contribution >= 4 is 24.0 Å². The number of anilines is 1. The Kier molecular flexibility index (Phi) is 8.09. The smallest absolute Gasteiger partial charge is 0.262 e. The third-order valence-electron chi connectivity index (χ3n) is 3.23. The van der Waals surface area contributed by atoms with Gasteiger partial charge in [-0.1, -0.05) is 12.1 Å². The van der Waals surface area contributed by atoms with E-state index >= 15 is 0 Å². The summed E-state index contributed by atoms with van der Waals surface area (Å²) >= 11 is 0. The zero-order valence-electron chi connectivity index (χ0n) is 13.9. The molecule has 0 fully saturated rings. The molecule has 3 N–H and O–H groups in total. The van der Waals surface area contributed by atoms with Gasteiger partial charge in [-0.3, -0.25) is 4.79 Å². The molecule has 0 aliphatic rings. The van der Waals surface area contributed by atoms with Crippen LogP contribution in [0.4, 0.5) is 5.69 Å². The van der Waals surface area contributed by atoms with Crippen LogP contribution in [0.15, 0.2) is 42.5 Å². The largest absolute Gasteiger partial charge is 0.492 e. The molecule has 0 radical (unpaired) electrons. The molecular weight excluding hydrogens is 328 g/mol. The minimum Gasteiger partial charge on any atom is -0.492 e. The second kappa shape index (κ2) is 9.80. The number of hydrogen-bond donors (Lipinski definition) is 2. The van der Waals surface area contributed by atoms with Crippen LogP contribution in [0.1, 0.15) is 11.1 Å². The van der Waals surface area contributed by atoms with Crippen LogP contribution in [0.5, 0.6) is 11.5 Å². The highest BCUT2D eigenvalue weighted by atomic mass is 35.5. The second-order valence-corrected chi connectivity index (χ2v) is 5.27. The lowest BCUT2D eigenvalue weighted by atomic mass is 10.1. The third-order valence-corrected chi connectivity index (χ3v) is 3.23. The summed E-state index contributed by atoms with van der Waals surface area (Å²) in [6.07, 6.45) is 0. The van der Waals surface area contributed by atoms with Crippen molar-refractivity contribution in [1.82, 2.24) is 0 Å². The molecule has 0 atom stereocenters. The molecule has 2 aromatic rings. The lowest BCUT2D eigenvalue weighted by Gasteiger charge is -2.11. The van der Waals surface area contributed by atoms with Gasteiger partial charge in [0.25, 0.3) is 5.91 Å². The van der Waals surface area contributed by atoms with Crippen molar-refractivity contribution in [2.75, 3.05) is 25.1 Å². The number of hydrogen-bond acceptors (Lipinski definition) is 4. The number of carbonyl (C=O) groups excluding carboxylic acids is 1. The first-order chi connectivity index (χ1) is 11.1. The fourth-order valence-electron chi connectivity index (χ4n) is 2.01. The maximum atomic E-state index is 12.0.